The molecule has 1 amide bonds. The Morgan fingerprint density at radius 1 is 1.07 bits per heavy atom. The van der Waals surface area contributed by atoms with E-state index in [-0.39, 0.29) is 11.7 Å². The van der Waals surface area contributed by atoms with Crippen molar-refractivity contribution in [2.75, 3.05) is 6.54 Å². The van der Waals surface area contributed by atoms with Crippen molar-refractivity contribution in [3.05, 3.63) is 65.9 Å². The molecule has 0 aliphatic rings. The predicted octanol–water partition coefficient (Wildman–Crippen LogP) is 4.45. The van der Waals surface area contributed by atoms with E-state index < -0.39 is 6.61 Å². The van der Waals surface area contributed by atoms with Gasteiger partial charge < -0.3 is 15.0 Å². The van der Waals surface area contributed by atoms with Crippen molar-refractivity contribution >= 4 is 16.8 Å². The van der Waals surface area contributed by atoms with E-state index in [0.29, 0.717) is 19.4 Å². The van der Waals surface area contributed by atoms with Gasteiger partial charge in [0.1, 0.15) is 5.75 Å². The lowest BCUT2D eigenvalue weighted by molar-refractivity contribution is -0.121. The van der Waals surface area contributed by atoms with Crippen LogP contribution in [0.15, 0.2) is 54.7 Å². The Kier molecular flexibility index (Phi) is 6.41. The maximum absolute atomic E-state index is 12.1. The monoisotopic (exact) mass is 372 g/mol. The molecular weight excluding hydrogens is 350 g/mol. The first kappa shape index (κ1) is 18.9. The number of carbonyl (C=O) groups is 1. The number of benzene rings is 2. The number of halogens is 2. The molecule has 1 aromatic heterocycles. The van der Waals surface area contributed by atoms with Gasteiger partial charge in [0.2, 0.25) is 5.91 Å². The molecule has 0 bridgehead atoms. The Balaban J connectivity index is 1.36. The Labute approximate surface area is 156 Å². The van der Waals surface area contributed by atoms with Crippen LogP contribution >= 0.6 is 0 Å². The van der Waals surface area contributed by atoms with Crippen LogP contribution in [0, 0.1) is 0 Å². The topological polar surface area (TPSA) is 54.1 Å². The van der Waals surface area contributed by atoms with E-state index in [1.165, 1.54) is 23.1 Å². The van der Waals surface area contributed by atoms with E-state index in [4.69, 9.17) is 0 Å². The number of rotatable bonds is 9. The zero-order valence-electron chi connectivity index (χ0n) is 14.9. The normalized spacial score (nSPS) is 11.1. The Hall–Kier alpha value is -2.89. The van der Waals surface area contributed by atoms with Crippen LogP contribution < -0.4 is 10.1 Å². The quantitative estimate of drug-likeness (QED) is 0.583. The Morgan fingerprint density at radius 2 is 1.85 bits per heavy atom. The number of alkyl halides is 2. The highest BCUT2D eigenvalue weighted by atomic mass is 19.3. The second kappa shape index (κ2) is 9.16. The van der Waals surface area contributed by atoms with Crippen molar-refractivity contribution in [2.24, 2.45) is 0 Å². The van der Waals surface area contributed by atoms with Gasteiger partial charge in [0.05, 0.1) is 0 Å². The zero-order valence-corrected chi connectivity index (χ0v) is 14.9. The highest BCUT2D eigenvalue weighted by molar-refractivity contribution is 5.83. The fraction of sp³-hybridized carbons (Fsp3) is 0.286. The average molecular weight is 372 g/mol. The minimum Gasteiger partial charge on any atom is -0.435 e. The summed E-state index contributed by atoms with van der Waals surface area (Å²) in [5.74, 6) is 0.155. The van der Waals surface area contributed by atoms with Gasteiger partial charge in [-0.05, 0) is 48.6 Å². The molecule has 0 unspecified atom stereocenters. The largest absolute Gasteiger partial charge is 0.435 e. The summed E-state index contributed by atoms with van der Waals surface area (Å²) in [6.07, 6.45) is 4.75. The standard InChI is InChI=1S/C21H22F2N2O2/c22-21(23)27-17-10-8-15(9-11-17)12-13-24-20(26)7-3-4-16-14-25-19-6-2-1-5-18(16)19/h1-2,5-6,8-11,14,21,25H,3-4,7,12-13H2,(H,24,26). The van der Waals surface area contributed by atoms with Gasteiger partial charge in [-0.2, -0.15) is 8.78 Å². The maximum atomic E-state index is 12.1. The first-order valence-electron chi connectivity index (χ1n) is 8.97. The van der Waals surface area contributed by atoms with Crippen LogP contribution in [0.3, 0.4) is 0 Å². The minimum absolute atomic E-state index is 0.0208. The number of aryl methyl sites for hydroxylation is 1. The van der Waals surface area contributed by atoms with Gasteiger partial charge in [0.15, 0.2) is 0 Å². The maximum Gasteiger partial charge on any atom is 0.387 e. The van der Waals surface area contributed by atoms with Gasteiger partial charge in [0.25, 0.3) is 0 Å². The van der Waals surface area contributed by atoms with E-state index >= 15 is 0 Å². The first-order valence-corrected chi connectivity index (χ1v) is 8.97. The molecule has 0 fully saturated rings. The lowest BCUT2D eigenvalue weighted by Gasteiger charge is -2.07. The number of aromatic nitrogens is 1. The van der Waals surface area contributed by atoms with E-state index in [1.54, 1.807) is 12.1 Å². The molecule has 3 rings (SSSR count). The molecule has 4 nitrogen and oxygen atoms in total. The first-order chi connectivity index (χ1) is 13.1. The summed E-state index contributed by atoms with van der Waals surface area (Å²) in [6, 6.07) is 14.6. The van der Waals surface area contributed by atoms with Crippen molar-refractivity contribution in [3.8, 4) is 5.75 Å². The van der Waals surface area contributed by atoms with Gasteiger partial charge in [-0.3, -0.25) is 4.79 Å². The molecule has 0 radical (unpaired) electrons. The molecule has 2 aromatic carbocycles. The summed E-state index contributed by atoms with van der Waals surface area (Å²) < 4.78 is 28.5. The minimum atomic E-state index is -2.82. The van der Waals surface area contributed by atoms with Crippen LogP contribution in [0.2, 0.25) is 0 Å². The molecular formula is C21H22F2N2O2. The third-order valence-corrected chi connectivity index (χ3v) is 4.41. The second-order valence-corrected chi connectivity index (χ2v) is 6.34. The van der Waals surface area contributed by atoms with E-state index in [2.05, 4.69) is 21.1 Å². The molecule has 1 heterocycles. The molecule has 2 N–H and O–H groups in total. The number of aromatic amines is 1. The van der Waals surface area contributed by atoms with Crippen molar-refractivity contribution in [1.29, 1.82) is 0 Å². The number of ether oxygens (including phenoxy) is 1. The second-order valence-electron chi connectivity index (χ2n) is 6.34. The van der Waals surface area contributed by atoms with Crippen LogP contribution in [-0.2, 0) is 17.6 Å². The molecule has 6 heteroatoms. The Bertz CT molecular complexity index is 875. The Morgan fingerprint density at radius 3 is 2.63 bits per heavy atom. The highest BCUT2D eigenvalue weighted by Gasteiger charge is 2.06. The van der Waals surface area contributed by atoms with Gasteiger partial charge in [-0.25, -0.2) is 0 Å². The summed E-state index contributed by atoms with van der Waals surface area (Å²) in [6.45, 7) is -2.31. The number of carbonyl (C=O) groups excluding carboxylic acids is 1. The fourth-order valence-electron chi connectivity index (χ4n) is 3.05. The molecule has 3 aromatic rings. The molecule has 0 atom stereocenters. The SMILES string of the molecule is O=C(CCCc1c[nH]c2ccccc12)NCCc1ccc(OC(F)F)cc1. The number of para-hydroxylation sites is 1. The summed E-state index contributed by atoms with van der Waals surface area (Å²) in [5, 5.41) is 4.10. The molecule has 0 aliphatic heterocycles. The van der Waals surface area contributed by atoms with E-state index in [1.807, 2.05) is 24.4 Å². The van der Waals surface area contributed by atoms with Crippen LogP contribution in [0.25, 0.3) is 10.9 Å². The van der Waals surface area contributed by atoms with Gasteiger partial charge >= 0.3 is 6.61 Å². The third-order valence-electron chi connectivity index (χ3n) is 4.41. The van der Waals surface area contributed by atoms with Gasteiger partial charge in [-0.15, -0.1) is 0 Å². The number of hydrogen-bond acceptors (Lipinski definition) is 2. The van der Waals surface area contributed by atoms with E-state index in [0.717, 1.165) is 23.9 Å². The molecule has 142 valence electrons. The molecule has 27 heavy (non-hydrogen) atoms. The summed E-state index contributed by atoms with van der Waals surface area (Å²) >= 11 is 0. The molecule has 0 saturated heterocycles. The van der Waals surface area contributed by atoms with Crippen molar-refractivity contribution in [2.45, 2.75) is 32.3 Å². The third kappa shape index (κ3) is 5.54. The van der Waals surface area contributed by atoms with Crippen LogP contribution in [0.5, 0.6) is 5.75 Å². The van der Waals surface area contributed by atoms with Crippen LogP contribution in [-0.4, -0.2) is 24.0 Å². The predicted molar refractivity (Wildman–Crippen MR) is 101 cm³/mol. The van der Waals surface area contributed by atoms with Crippen LogP contribution in [0.4, 0.5) is 8.78 Å². The summed E-state index contributed by atoms with van der Waals surface area (Å²) in [4.78, 5) is 15.2. The van der Waals surface area contributed by atoms with Crippen molar-refractivity contribution < 1.29 is 18.3 Å². The average Bonchev–Trinajstić information content (AvgIpc) is 3.06. The zero-order chi connectivity index (χ0) is 19.1. The van der Waals surface area contributed by atoms with Crippen LogP contribution in [0.1, 0.15) is 24.0 Å². The molecule has 0 aliphatic carbocycles. The van der Waals surface area contributed by atoms with E-state index in [9.17, 15) is 13.6 Å². The fourth-order valence-corrected chi connectivity index (χ4v) is 3.05. The lowest BCUT2D eigenvalue weighted by atomic mass is 10.1. The van der Waals surface area contributed by atoms with Crippen molar-refractivity contribution in [3.63, 3.8) is 0 Å². The smallest absolute Gasteiger partial charge is 0.387 e. The molecule has 0 spiro atoms. The lowest BCUT2D eigenvalue weighted by Crippen LogP contribution is -2.25. The molecule has 0 saturated carbocycles. The summed E-state index contributed by atoms with van der Waals surface area (Å²) in [7, 11) is 0. The highest BCUT2D eigenvalue weighted by Crippen LogP contribution is 2.19. The number of hydrogen-bond donors (Lipinski definition) is 2. The number of fused-ring (bicyclic) bond motifs is 1. The van der Waals surface area contributed by atoms with Gasteiger partial charge in [0, 0.05) is 30.1 Å². The number of amides is 1. The van der Waals surface area contributed by atoms with Crippen molar-refractivity contribution in [1.82, 2.24) is 10.3 Å². The number of nitrogens with one attached hydrogen (secondary N) is 2. The summed E-state index contributed by atoms with van der Waals surface area (Å²) in [5.41, 5.74) is 3.29. The number of H-pyrrole nitrogens is 1. The van der Waals surface area contributed by atoms with Gasteiger partial charge in [-0.1, -0.05) is 30.3 Å².